The predicted octanol–water partition coefficient (Wildman–Crippen LogP) is 2.81. The molecule has 106 valence electrons. The average Bonchev–Trinajstić information content (AvgIpc) is 2.40. The molecule has 0 radical (unpaired) electrons. The minimum Gasteiger partial charge on any atom is -0.394 e. The summed E-state index contributed by atoms with van der Waals surface area (Å²) in [5.41, 5.74) is 0.283. The lowest BCUT2D eigenvalue weighted by Gasteiger charge is -2.30. The van der Waals surface area contributed by atoms with Gasteiger partial charge in [-0.05, 0) is 37.5 Å². The van der Waals surface area contributed by atoms with Gasteiger partial charge in [0, 0.05) is 5.69 Å². The molecule has 0 atom stereocenters. The predicted molar refractivity (Wildman–Crippen MR) is 73.7 cm³/mol. The van der Waals surface area contributed by atoms with E-state index in [-0.39, 0.29) is 12.4 Å². The molecule has 0 aliphatic rings. The molecule has 2 amide bonds. The summed E-state index contributed by atoms with van der Waals surface area (Å²) in [6.07, 6.45) is 1.24. The summed E-state index contributed by atoms with van der Waals surface area (Å²) in [7, 11) is 0. The molecule has 0 aliphatic heterocycles. The number of amides is 2. The Hall–Kier alpha value is -1.62. The first kappa shape index (κ1) is 15.4. The molecule has 0 unspecified atom stereocenters. The number of aryl methyl sites for hydroxylation is 1. The standard InChI is InChI=1S/C14H21FN2O2/c1-4-14(5-2,9-18)17-13(19)16-11-7-6-10(3)12(15)8-11/h6-8,18H,4-5,9H2,1-3H3,(H2,16,17,19). The second-order valence-electron chi connectivity index (χ2n) is 4.69. The highest BCUT2D eigenvalue weighted by atomic mass is 19.1. The molecule has 5 heteroatoms. The van der Waals surface area contributed by atoms with E-state index in [9.17, 15) is 14.3 Å². The molecule has 0 heterocycles. The van der Waals surface area contributed by atoms with Crippen LogP contribution in [0.4, 0.5) is 14.9 Å². The fraction of sp³-hybridized carbons (Fsp3) is 0.500. The first-order chi connectivity index (χ1) is 8.96. The Labute approximate surface area is 113 Å². The van der Waals surface area contributed by atoms with Gasteiger partial charge in [-0.1, -0.05) is 19.9 Å². The van der Waals surface area contributed by atoms with E-state index in [1.165, 1.54) is 6.07 Å². The van der Waals surface area contributed by atoms with Crippen molar-refractivity contribution >= 4 is 11.7 Å². The Kier molecular flexibility index (Phi) is 5.30. The van der Waals surface area contributed by atoms with Crippen molar-refractivity contribution in [3.8, 4) is 0 Å². The van der Waals surface area contributed by atoms with E-state index in [0.29, 0.717) is 24.1 Å². The van der Waals surface area contributed by atoms with Gasteiger partial charge in [0.05, 0.1) is 12.1 Å². The van der Waals surface area contributed by atoms with Crippen LogP contribution in [0.3, 0.4) is 0 Å². The summed E-state index contributed by atoms with van der Waals surface area (Å²) in [6.45, 7) is 5.32. The maximum Gasteiger partial charge on any atom is 0.319 e. The van der Waals surface area contributed by atoms with Crippen LogP contribution in [0.5, 0.6) is 0 Å². The van der Waals surface area contributed by atoms with Crippen molar-refractivity contribution in [2.45, 2.75) is 39.2 Å². The molecule has 0 aromatic heterocycles. The first-order valence-corrected chi connectivity index (χ1v) is 6.42. The quantitative estimate of drug-likeness (QED) is 0.769. The van der Waals surface area contributed by atoms with Gasteiger partial charge in [0.2, 0.25) is 0 Å². The van der Waals surface area contributed by atoms with Crippen molar-refractivity contribution in [2.75, 3.05) is 11.9 Å². The fourth-order valence-corrected chi connectivity index (χ4v) is 1.76. The van der Waals surface area contributed by atoms with Crippen LogP contribution in [0.1, 0.15) is 32.3 Å². The molecule has 0 saturated carbocycles. The zero-order valence-corrected chi connectivity index (χ0v) is 11.6. The summed E-state index contributed by atoms with van der Waals surface area (Å²) in [4.78, 5) is 11.8. The molecule has 1 aromatic rings. The number of halogens is 1. The SMILES string of the molecule is CCC(CC)(CO)NC(=O)Nc1ccc(C)c(F)c1. The van der Waals surface area contributed by atoms with Gasteiger partial charge in [-0.15, -0.1) is 0 Å². The van der Waals surface area contributed by atoms with E-state index in [0.717, 1.165) is 0 Å². The molecular weight excluding hydrogens is 247 g/mol. The summed E-state index contributed by atoms with van der Waals surface area (Å²) in [5, 5.41) is 14.7. The highest BCUT2D eigenvalue weighted by Crippen LogP contribution is 2.16. The summed E-state index contributed by atoms with van der Waals surface area (Å²) < 4.78 is 13.4. The number of nitrogens with one attached hydrogen (secondary N) is 2. The smallest absolute Gasteiger partial charge is 0.319 e. The third kappa shape index (κ3) is 3.92. The molecular formula is C14H21FN2O2. The third-order valence-corrected chi connectivity index (χ3v) is 3.46. The lowest BCUT2D eigenvalue weighted by atomic mass is 9.94. The third-order valence-electron chi connectivity index (χ3n) is 3.46. The normalized spacial score (nSPS) is 11.2. The minimum absolute atomic E-state index is 0.129. The molecule has 1 rings (SSSR count). The number of aliphatic hydroxyl groups excluding tert-OH is 1. The number of rotatable bonds is 5. The first-order valence-electron chi connectivity index (χ1n) is 6.42. The second-order valence-corrected chi connectivity index (χ2v) is 4.69. The number of carbonyl (C=O) groups excluding carboxylic acids is 1. The summed E-state index contributed by atoms with van der Waals surface area (Å²) in [5.74, 6) is -0.364. The van der Waals surface area contributed by atoms with Gasteiger partial charge in [0.1, 0.15) is 5.82 Å². The number of aliphatic hydroxyl groups is 1. The monoisotopic (exact) mass is 268 g/mol. The van der Waals surface area contributed by atoms with Gasteiger partial charge < -0.3 is 15.7 Å². The van der Waals surface area contributed by atoms with Crippen LogP contribution in [0.15, 0.2) is 18.2 Å². The molecule has 0 spiro atoms. The van der Waals surface area contributed by atoms with Gasteiger partial charge >= 0.3 is 6.03 Å². The van der Waals surface area contributed by atoms with Gasteiger partial charge in [-0.3, -0.25) is 0 Å². The molecule has 19 heavy (non-hydrogen) atoms. The molecule has 1 aromatic carbocycles. The Bertz CT molecular complexity index is 437. The van der Waals surface area contributed by atoms with Crippen molar-refractivity contribution in [3.63, 3.8) is 0 Å². The van der Waals surface area contributed by atoms with E-state index in [1.54, 1.807) is 19.1 Å². The maximum absolute atomic E-state index is 13.4. The highest BCUT2D eigenvalue weighted by molar-refractivity contribution is 5.89. The van der Waals surface area contributed by atoms with E-state index < -0.39 is 11.6 Å². The molecule has 3 N–H and O–H groups in total. The van der Waals surface area contributed by atoms with E-state index >= 15 is 0 Å². The van der Waals surface area contributed by atoms with Crippen molar-refractivity contribution in [2.24, 2.45) is 0 Å². The Morgan fingerprint density at radius 2 is 2.00 bits per heavy atom. The molecule has 0 bridgehead atoms. The van der Waals surface area contributed by atoms with Gasteiger partial charge in [-0.2, -0.15) is 0 Å². The molecule has 0 saturated heterocycles. The number of hydrogen-bond donors (Lipinski definition) is 3. The largest absolute Gasteiger partial charge is 0.394 e. The van der Waals surface area contributed by atoms with Crippen molar-refractivity contribution in [1.29, 1.82) is 0 Å². The van der Waals surface area contributed by atoms with Crippen molar-refractivity contribution in [1.82, 2.24) is 5.32 Å². The molecule has 0 aliphatic carbocycles. The van der Waals surface area contributed by atoms with E-state index in [1.807, 2.05) is 13.8 Å². The van der Waals surface area contributed by atoms with E-state index in [4.69, 9.17) is 0 Å². The van der Waals surface area contributed by atoms with Crippen LogP contribution in [-0.2, 0) is 0 Å². The van der Waals surface area contributed by atoms with Crippen LogP contribution in [0.2, 0.25) is 0 Å². The average molecular weight is 268 g/mol. The van der Waals surface area contributed by atoms with Gasteiger partial charge in [-0.25, -0.2) is 9.18 Å². The van der Waals surface area contributed by atoms with E-state index in [2.05, 4.69) is 10.6 Å². The zero-order valence-electron chi connectivity index (χ0n) is 11.6. The van der Waals surface area contributed by atoms with Crippen LogP contribution in [0.25, 0.3) is 0 Å². The molecule has 0 fully saturated rings. The van der Waals surface area contributed by atoms with Gasteiger partial charge in [0.25, 0.3) is 0 Å². The number of anilines is 1. The Morgan fingerprint density at radius 3 is 2.47 bits per heavy atom. The Balaban J connectivity index is 2.71. The Morgan fingerprint density at radius 1 is 1.37 bits per heavy atom. The highest BCUT2D eigenvalue weighted by Gasteiger charge is 2.27. The number of carbonyl (C=O) groups is 1. The number of hydrogen-bond acceptors (Lipinski definition) is 2. The van der Waals surface area contributed by atoms with Gasteiger partial charge in [0.15, 0.2) is 0 Å². The fourth-order valence-electron chi connectivity index (χ4n) is 1.76. The summed E-state index contributed by atoms with van der Waals surface area (Å²) in [6, 6.07) is 4.06. The lowest BCUT2D eigenvalue weighted by molar-refractivity contribution is 0.155. The van der Waals surface area contributed by atoms with Crippen molar-refractivity contribution in [3.05, 3.63) is 29.6 Å². The van der Waals surface area contributed by atoms with Crippen LogP contribution >= 0.6 is 0 Å². The van der Waals surface area contributed by atoms with Crippen LogP contribution in [-0.4, -0.2) is 23.3 Å². The number of urea groups is 1. The zero-order chi connectivity index (χ0) is 14.5. The molecule has 4 nitrogen and oxygen atoms in total. The van der Waals surface area contributed by atoms with Crippen molar-refractivity contribution < 1.29 is 14.3 Å². The number of benzene rings is 1. The maximum atomic E-state index is 13.4. The lowest BCUT2D eigenvalue weighted by Crippen LogP contribution is -2.52. The topological polar surface area (TPSA) is 61.4 Å². The summed E-state index contributed by atoms with van der Waals surface area (Å²) >= 11 is 0. The van der Waals surface area contributed by atoms with Crippen LogP contribution in [0, 0.1) is 12.7 Å². The minimum atomic E-state index is -0.632. The van der Waals surface area contributed by atoms with Crippen LogP contribution < -0.4 is 10.6 Å². The second kappa shape index (κ2) is 6.52.